The molecule has 0 bridgehead atoms. The highest BCUT2D eigenvalue weighted by Gasteiger charge is 2.49. The summed E-state index contributed by atoms with van der Waals surface area (Å²) in [5.74, 6) is 1.97. The molecule has 2 aromatic rings. The minimum Gasteiger partial charge on any atom is -0.367 e. The van der Waals surface area contributed by atoms with E-state index in [-0.39, 0.29) is 5.82 Å². The van der Waals surface area contributed by atoms with E-state index >= 15 is 0 Å². The predicted octanol–water partition coefficient (Wildman–Crippen LogP) is 6.05. The van der Waals surface area contributed by atoms with Crippen LogP contribution in [-0.2, 0) is 22.3 Å². The summed E-state index contributed by atoms with van der Waals surface area (Å²) in [6.45, 7) is 3.60. The molecule has 0 amide bonds. The highest BCUT2D eigenvalue weighted by atomic mass is 35.5. The van der Waals surface area contributed by atoms with Gasteiger partial charge in [0.25, 0.3) is 0 Å². The van der Waals surface area contributed by atoms with E-state index in [9.17, 15) is 9.65 Å². The van der Waals surface area contributed by atoms with Gasteiger partial charge in [0, 0.05) is 6.54 Å². The summed E-state index contributed by atoms with van der Waals surface area (Å²) < 4.78 is 22.3. The second-order valence-corrected chi connectivity index (χ2v) is 10.2. The van der Waals surface area contributed by atoms with Gasteiger partial charge in [0.05, 0.1) is 23.8 Å². The van der Waals surface area contributed by atoms with Gasteiger partial charge in [-0.05, 0) is 87.8 Å². The molecule has 6 heteroatoms. The molecular weight excluding hydrogens is 413 g/mol. The minimum absolute atomic E-state index is 0.276. The van der Waals surface area contributed by atoms with Crippen LogP contribution in [0.25, 0.3) is 0 Å². The number of benzene rings is 1. The fourth-order valence-electron chi connectivity index (χ4n) is 4.94. The quantitative estimate of drug-likeness (QED) is 0.525. The van der Waals surface area contributed by atoms with Crippen molar-refractivity contribution in [3.05, 3.63) is 52.3 Å². The minimum atomic E-state index is -0.618. The van der Waals surface area contributed by atoms with Crippen LogP contribution in [0.1, 0.15) is 68.4 Å². The second kappa shape index (κ2) is 7.90. The van der Waals surface area contributed by atoms with Gasteiger partial charge in [-0.3, -0.25) is 0 Å². The molecule has 1 aromatic heterocycles. The van der Waals surface area contributed by atoms with E-state index in [1.165, 1.54) is 37.8 Å². The lowest BCUT2D eigenvalue weighted by molar-refractivity contribution is -0.0960. The van der Waals surface area contributed by atoms with Crippen molar-refractivity contribution in [2.24, 2.45) is 11.8 Å². The lowest BCUT2D eigenvalue weighted by atomic mass is 9.65. The van der Waals surface area contributed by atoms with Crippen LogP contribution in [0.15, 0.2) is 24.3 Å². The van der Waals surface area contributed by atoms with E-state index in [2.05, 4.69) is 10.6 Å². The van der Waals surface area contributed by atoms with Gasteiger partial charge in [-0.1, -0.05) is 23.7 Å². The Morgan fingerprint density at radius 2 is 1.77 bits per heavy atom. The summed E-state index contributed by atoms with van der Waals surface area (Å²) in [5.41, 5.74) is 0.605. The van der Waals surface area contributed by atoms with Crippen LogP contribution >= 0.6 is 11.6 Å². The highest BCUT2D eigenvalue weighted by Crippen LogP contribution is 2.50. The molecule has 3 fully saturated rings. The van der Waals surface area contributed by atoms with Crippen LogP contribution in [0.4, 0.5) is 4.39 Å². The number of nitriles is 1. The van der Waals surface area contributed by atoms with E-state index in [1.807, 2.05) is 6.92 Å². The zero-order valence-corrected chi connectivity index (χ0v) is 18.8. The van der Waals surface area contributed by atoms with Gasteiger partial charge < -0.3 is 9.30 Å². The molecule has 3 aliphatic carbocycles. The van der Waals surface area contributed by atoms with Crippen LogP contribution in [0, 0.1) is 35.9 Å². The fraction of sp³-hybridized carbons (Fsp3) is 0.600. The standard InChI is InChI=1S/C25H29ClFN3O/c1-17-22(26)30(14-18-2-3-18)23(29-17)25(31-15-19-4-5-19)12-10-24(16-28,11-13-25)20-6-8-21(27)9-7-20/h6-9,18-19H,2-5,10-15H2,1H3. The topological polar surface area (TPSA) is 50.8 Å². The number of nitrogens with zero attached hydrogens (tertiary/aromatic N) is 3. The van der Waals surface area contributed by atoms with Crippen LogP contribution in [-0.4, -0.2) is 16.2 Å². The molecule has 0 spiro atoms. The Morgan fingerprint density at radius 1 is 1.13 bits per heavy atom. The normalized spacial score (nSPS) is 28.5. The van der Waals surface area contributed by atoms with Crippen molar-refractivity contribution >= 4 is 11.6 Å². The molecule has 3 saturated carbocycles. The van der Waals surface area contributed by atoms with Crippen LogP contribution in [0.2, 0.25) is 5.15 Å². The molecule has 4 nitrogen and oxygen atoms in total. The summed E-state index contributed by atoms with van der Waals surface area (Å²) in [6.07, 6.45) is 7.67. The Kier molecular flexibility index (Phi) is 5.35. The Labute approximate surface area is 188 Å². The number of imidazole rings is 1. The first-order valence-electron chi connectivity index (χ1n) is 11.5. The summed E-state index contributed by atoms with van der Waals surface area (Å²) in [4.78, 5) is 4.92. The van der Waals surface area contributed by atoms with Crippen molar-refractivity contribution in [3.8, 4) is 6.07 Å². The number of aryl methyl sites for hydroxylation is 1. The van der Waals surface area contributed by atoms with Crippen molar-refractivity contribution in [3.63, 3.8) is 0 Å². The number of aromatic nitrogens is 2. The Hall–Kier alpha value is -1.90. The zero-order valence-electron chi connectivity index (χ0n) is 18.0. The van der Waals surface area contributed by atoms with Gasteiger partial charge in [-0.25, -0.2) is 9.37 Å². The number of halogens is 2. The van der Waals surface area contributed by atoms with Crippen molar-refractivity contribution in [2.75, 3.05) is 6.61 Å². The molecule has 1 aromatic carbocycles. The van der Waals surface area contributed by atoms with E-state index in [0.29, 0.717) is 42.7 Å². The predicted molar refractivity (Wildman–Crippen MR) is 117 cm³/mol. The number of hydrogen-bond donors (Lipinski definition) is 0. The molecule has 0 atom stereocenters. The molecular formula is C25H29ClFN3O. The molecule has 5 rings (SSSR count). The Balaban J connectivity index is 1.47. The Morgan fingerprint density at radius 3 is 2.35 bits per heavy atom. The van der Waals surface area contributed by atoms with Gasteiger partial charge in [0.15, 0.2) is 0 Å². The molecule has 0 N–H and O–H groups in total. The van der Waals surface area contributed by atoms with Crippen LogP contribution in [0.5, 0.6) is 0 Å². The first kappa shape index (κ1) is 21.0. The highest BCUT2D eigenvalue weighted by molar-refractivity contribution is 6.30. The van der Waals surface area contributed by atoms with Gasteiger partial charge in [0.1, 0.15) is 22.4 Å². The largest absolute Gasteiger partial charge is 0.367 e. The van der Waals surface area contributed by atoms with Gasteiger partial charge in [-0.2, -0.15) is 5.26 Å². The monoisotopic (exact) mass is 441 g/mol. The third-order valence-corrected chi connectivity index (χ3v) is 7.90. The molecule has 0 unspecified atom stereocenters. The number of hydrogen-bond acceptors (Lipinski definition) is 3. The first-order valence-corrected chi connectivity index (χ1v) is 11.9. The summed E-state index contributed by atoms with van der Waals surface area (Å²) in [6, 6.07) is 8.97. The van der Waals surface area contributed by atoms with E-state index < -0.39 is 11.0 Å². The first-order chi connectivity index (χ1) is 14.9. The van der Waals surface area contributed by atoms with Crippen molar-refractivity contribution in [2.45, 2.75) is 75.9 Å². The smallest absolute Gasteiger partial charge is 0.142 e. The Bertz CT molecular complexity index is 993. The average molecular weight is 442 g/mol. The van der Waals surface area contributed by atoms with E-state index in [1.54, 1.807) is 12.1 Å². The van der Waals surface area contributed by atoms with Crippen LogP contribution in [0.3, 0.4) is 0 Å². The fourth-order valence-corrected chi connectivity index (χ4v) is 5.13. The maximum atomic E-state index is 13.5. The number of rotatable bonds is 7. The molecule has 0 saturated heterocycles. The molecule has 1 heterocycles. The lowest BCUT2D eigenvalue weighted by Gasteiger charge is -2.43. The number of ether oxygens (including phenoxy) is 1. The zero-order chi connectivity index (χ0) is 21.6. The maximum absolute atomic E-state index is 13.5. The lowest BCUT2D eigenvalue weighted by Crippen LogP contribution is -2.43. The molecule has 0 aliphatic heterocycles. The molecule has 31 heavy (non-hydrogen) atoms. The summed E-state index contributed by atoms with van der Waals surface area (Å²) in [7, 11) is 0. The maximum Gasteiger partial charge on any atom is 0.142 e. The van der Waals surface area contributed by atoms with Gasteiger partial charge >= 0.3 is 0 Å². The van der Waals surface area contributed by atoms with Gasteiger partial charge in [0.2, 0.25) is 0 Å². The van der Waals surface area contributed by atoms with E-state index in [4.69, 9.17) is 21.3 Å². The van der Waals surface area contributed by atoms with E-state index in [0.717, 1.165) is 30.2 Å². The van der Waals surface area contributed by atoms with Crippen molar-refractivity contribution in [1.29, 1.82) is 5.26 Å². The third kappa shape index (κ3) is 4.01. The summed E-state index contributed by atoms with van der Waals surface area (Å²) in [5, 5.41) is 10.9. The molecule has 3 aliphatic rings. The molecule has 164 valence electrons. The SMILES string of the molecule is Cc1nc(C2(OCC3CC3)CCC(C#N)(c3ccc(F)cc3)CC2)n(CC2CC2)c1Cl. The van der Waals surface area contributed by atoms with Crippen molar-refractivity contribution in [1.82, 2.24) is 9.55 Å². The summed E-state index contributed by atoms with van der Waals surface area (Å²) >= 11 is 6.69. The van der Waals surface area contributed by atoms with Crippen LogP contribution < -0.4 is 0 Å². The molecule has 0 radical (unpaired) electrons. The second-order valence-electron chi connectivity index (χ2n) is 9.82. The average Bonchev–Trinajstić information content (AvgIpc) is 3.70. The van der Waals surface area contributed by atoms with Gasteiger partial charge in [-0.15, -0.1) is 0 Å². The third-order valence-electron chi connectivity index (χ3n) is 7.42. The van der Waals surface area contributed by atoms with Crippen molar-refractivity contribution < 1.29 is 9.13 Å².